The first-order chi connectivity index (χ1) is 8.45. The van der Waals surface area contributed by atoms with Gasteiger partial charge in [-0.3, -0.25) is 4.79 Å². The van der Waals surface area contributed by atoms with Gasteiger partial charge in [-0.15, -0.1) is 11.3 Å². The molecular weight excluding hydrogens is 250 g/mol. The number of carbonyl (C=O) groups is 2. The van der Waals surface area contributed by atoms with Crippen LogP contribution in [0.4, 0.5) is 0 Å². The third kappa shape index (κ3) is 3.91. The Kier molecular flexibility index (Phi) is 5.47. The summed E-state index contributed by atoms with van der Waals surface area (Å²) in [6.07, 6.45) is 1.79. The van der Waals surface area contributed by atoms with Crippen molar-refractivity contribution in [2.75, 3.05) is 6.61 Å². The van der Waals surface area contributed by atoms with Gasteiger partial charge in [0.25, 0.3) is 0 Å². The van der Waals surface area contributed by atoms with Crippen molar-refractivity contribution in [3.05, 3.63) is 15.6 Å². The average Bonchev–Trinajstić information content (AvgIpc) is 2.71. The maximum atomic E-state index is 11.7. The van der Waals surface area contributed by atoms with Crippen molar-refractivity contribution in [1.29, 1.82) is 0 Å². The normalized spacial score (nSPS) is 10.7. The summed E-state index contributed by atoms with van der Waals surface area (Å²) in [6.45, 7) is 7.73. The smallest absolute Gasteiger partial charge is 0.358 e. The van der Waals surface area contributed by atoms with Gasteiger partial charge in [-0.25, -0.2) is 9.78 Å². The number of hydrogen-bond acceptors (Lipinski definition) is 5. The third-order valence-corrected chi connectivity index (χ3v) is 3.61. The Bertz CT molecular complexity index is 437. The molecule has 0 atom stereocenters. The number of rotatable bonds is 6. The number of carbonyl (C=O) groups excluding carboxylic acids is 2. The van der Waals surface area contributed by atoms with E-state index in [1.165, 1.54) is 18.3 Å². The van der Waals surface area contributed by atoms with Gasteiger partial charge in [0.15, 0.2) is 11.5 Å². The molecule has 18 heavy (non-hydrogen) atoms. The Balaban J connectivity index is 2.93. The molecule has 1 heterocycles. The molecule has 5 heteroatoms. The fourth-order valence-corrected chi connectivity index (χ4v) is 2.42. The fraction of sp³-hybridized carbons (Fsp3) is 0.615. The van der Waals surface area contributed by atoms with E-state index in [0.717, 1.165) is 17.8 Å². The Hall–Kier alpha value is -1.23. The molecule has 0 fully saturated rings. The molecular formula is C13H19NO3S. The number of aryl methyl sites for hydroxylation is 1. The van der Waals surface area contributed by atoms with Gasteiger partial charge in [-0.1, -0.05) is 13.8 Å². The number of thiazole rings is 1. The van der Waals surface area contributed by atoms with E-state index in [9.17, 15) is 9.59 Å². The molecule has 0 spiro atoms. The van der Waals surface area contributed by atoms with Crippen LogP contribution in [0.5, 0.6) is 0 Å². The van der Waals surface area contributed by atoms with Gasteiger partial charge in [-0.05, 0) is 25.7 Å². The van der Waals surface area contributed by atoms with Gasteiger partial charge in [0, 0.05) is 6.92 Å². The van der Waals surface area contributed by atoms with Crippen molar-refractivity contribution < 1.29 is 14.3 Å². The van der Waals surface area contributed by atoms with E-state index in [1.54, 1.807) is 6.92 Å². The molecule has 100 valence electrons. The number of nitrogens with zero attached hydrogens (tertiary/aromatic N) is 1. The van der Waals surface area contributed by atoms with Crippen LogP contribution < -0.4 is 0 Å². The summed E-state index contributed by atoms with van der Waals surface area (Å²) in [5, 5.41) is 0.831. The molecule has 0 aliphatic carbocycles. The lowest BCUT2D eigenvalue weighted by Gasteiger charge is -2.00. The first-order valence-electron chi connectivity index (χ1n) is 6.13. The van der Waals surface area contributed by atoms with Crippen molar-refractivity contribution in [2.24, 2.45) is 5.92 Å². The predicted molar refractivity (Wildman–Crippen MR) is 71.2 cm³/mol. The second-order valence-electron chi connectivity index (χ2n) is 4.49. The highest BCUT2D eigenvalue weighted by Gasteiger charge is 2.21. The second kappa shape index (κ2) is 6.64. The molecule has 0 N–H and O–H groups in total. The van der Waals surface area contributed by atoms with Gasteiger partial charge in [0.1, 0.15) is 4.88 Å². The fourth-order valence-electron chi connectivity index (χ4n) is 1.46. The topological polar surface area (TPSA) is 56.3 Å². The summed E-state index contributed by atoms with van der Waals surface area (Å²) >= 11 is 1.30. The Morgan fingerprint density at radius 3 is 2.56 bits per heavy atom. The van der Waals surface area contributed by atoms with Crippen LogP contribution in [0.1, 0.15) is 59.3 Å². The highest BCUT2D eigenvalue weighted by molar-refractivity contribution is 7.14. The van der Waals surface area contributed by atoms with E-state index in [0.29, 0.717) is 10.8 Å². The van der Waals surface area contributed by atoms with Crippen molar-refractivity contribution >= 4 is 23.1 Å². The van der Waals surface area contributed by atoms with Gasteiger partial charge < -0.3 is 4.74 Å². The lowest BCUT2D eigenvalue weighted by molar-refractivity contribution is 0.0517. The molecule has 1 aromatic heterocycles. The lowest BCUT2D eigenvalue weighted by Crippen LogP contribution is -2.09. The minimum atomic E-state index is -0.505. The number of ether oxygens (including phenoxy) is 1. The summed E-state index contributed by atoms with van der Waals surface area (Å²) in [5.41, 5.74) is 0.174. The SMILES string of the molecule is CCOC(=O)c1nc(CCC(C)C)sc1C(C)=O. The van der Waals surface area contributed by atoms with Gasteiger partial charge in [0.05, 0.1) is 11.6 Å². The molecule has 0 amide bonds. The first-order valence-corrected chi connectivity index (χ1v) is 6.95. The summed E-state index contributed by atoms with van der Waals surface area (Å²) in [6, 6.07) is 0. The summed E-state index contributed by atoms with van der Waals surface area (Å²) in [5.74, 6) is -0.0678. The zero-order chi connectivity index (χ0) is 13.7. The van der Waals surface area contributed by atoms with Crippen LogP contribution in [0.2, 0.25) is 0 Å². The molecule has 0 bridgehead atoms. The number of hydrogen-bond donors (Lipinski definition) is 0. The number of Topliss-reactive ketones (excluding diaryl/α,β-unsaturated/α-hetero) is 1. The summed E-state index contributed by atoms with van der Waals surface area (Å²) in [7, 11) is 0. The number of aromatic nitrogens is 1. The van der Waals surface area contributed by atoms with E-state index in [2.05, 4.69) is 18.8 Å². The zero-order valence-corrected chi connectivity index (χ0v) is 12.1. The Labute approximate surface area is 111 Å². The van der Waals surface area contributed by atoms with Crippen molar-refractivity contribution in [3.8, 4) is 0 Å². The van der Waals surface area contributed by atoms with Crippen LogP contribution in [-0.2, 0) is 11.2 Å². The van der Waals surface area contributed by atoms with Crippen LogP contribution in [0.15, 0.2) is 0 Å². The van der Waals surface area contributed by atoms with Crippen LogP contribution in [0, 0.1) is 5.92 Å². The maximum absolute atomic E-state index is 11.7. The monoisotopic (exact) mass is 269 g/mol. The standard InChI is InChI=1S/C13H19NO3S/c1-5-17-13(16)11-12(9(4)15)18-10(14-11)7-6-8(2)3/h8H,5-7H2,1-4H3. The van der Waals surface area contributed by atoms with Crippen LogP contribution in [-0.4, -0.2) is 23.3 Å². The van der Waals surface area contributed by atoms with Gasteiger partial charge >= 0.3 is 5.97 Å². The minimum Gasteiger partial charge on any atom is -0.461 e. The molecule has 1 rings (SSSR count). The Morgan fingerprint density at radius 2 is 2.06 bits per heavy atom. The van der Waals surface area contributed by atoms with Crippen LogP contribution in [0.3, 0.4) is 0 Å². The second-order valence-corrected chi connectivity index (χ2v) is 5.58. The molecule has 0 saturated heterocycles. The summed E-state index contributed by atoms with van der Waals surface area (Å²) < 4.78 is 4.91. The molecule has 4 nitrogen and oxygen atoms in total. The van der Waals surface area contributed by atoms with E-state index in [-0.39, 0.29) is 18.1 Å². The van der Waals surface area contributed by atoms with E-state index in [4.69, 9.17) is 4.74 Å². The van der Waals surface area contributed by atoms with Gasteiger partial charge in [-0.2, -0.15) is 0 Å². The number of ketones is 1. The zero-order valence-electron chi connectivity index (χ0n) is 11.3. The lowest BCUT2D eigenvalue weighted by atomic mass is 10.1. The molecule has 0 aromatic carbocycles. The van der Waals surface area contributed by atoms with E-state index < -0.39 is 5.97 Å². The highest BCUT2D eigenvalue weighted by atomic mass is 32.1. The highest BCUT2D eigenvalue weighted by Crippen LogP contribution is 2.22. The predicted octanol–water partition coefficient (Wildman–Crippen LogP) is 3.11. The van der Waals surface area contributed by atoms with Crippen molar-refractivity contribution in [3.63, 3.8) is 0 Å². The average molecular weight is 269 g/mol. The number of esters is 1. The Morgan fingerprint density at radius 1 is 1.39 bits per heavy atom. The van der Waals surface area contributed by atoms with Crippen LogP contribution in [0.25, 0.3) is 0 Å². The molecule has 0 unspecified atom stereocenters. The largest absolute Gasteiger partial charge is 0.461 e. The van der Waals surface area contributed by atoms with Crippen LogP contribution >= 0.6 is 11.3 Å². The van der Waals surface area contributed by atoms with Gasteiger partial charge in [0.2, 0.25) is 0 Å². The van der Waals surface area contributed by atoms with Crippen molar-refractivity contribution in [2.45, 2.75) is 40.5 Å². The molecule has 0 aliphatic heterocycles. The maximum Gasteiger partial charge on any atom is 0.358 e. The quantitative estimate of drug-likeness (QED) is 0.588. The molecule has 0 aliphatic rings. The molecule has 0 saturated carbocycles. The molecule has 1 aromatic rings. The summed E-state index contributed by atoms with van der Waals surface area (Å²) in [4.78, 5) is 27.8. The van der Waals surface area contributed by atoms with Crippen molar-refractivity contribution in [1.82, 2.24) is 4.98 Å². The van der Waals surface area contributed by atoms with E-state index in [1.807, 2.05) is 0 Å². The third-order valence-electron chi connectivity index (χ3n) is 2.40. The van der Waals surface area contributed by atoms with E-state index >= 15 is 0 Å². The first kappa shape index (κ1) is 14.8. The molecule has 0 radical (unpaired) electrons. The minimum absolute atomic E-state index is 0.133.